The van der Waals surface area contributed by atoms with E-state index in [1.54, 1.807) is 23.5 Å². The number of nitrogens with one attached hydrogen (secondary N) is 1. The van der Waals surface area contributed by atoms with Crippen molar-refractivity contribution in [1.82, 2.24) is 10.2 Å². The number of aliphatic carboxylic acids is 2. The van der Waals surface area contributed by atoms with E-state index in [2.05, 4.69) is 15.2 Å². The largest absolute Gasteiger partial charge is 0.481 e. The average Bonchev–Trinajstić information content (AvgIpc) is 3.12. The molecule has 0 aromatic heterocycles. The van der Waals surface area contributed by atoms with Crippen molar-refractivity contribution in [3.05, 3.63) is 0 Å². The van der Waals surface area contributed by atoms with Crippen molar-refractivity contribution in [1.29, 1.82) is 0 Å². The Morgan fingerprint density at radius 2 is 2.08 bits per heavy atom. The highest BCUT2D eigenvalue weighted by Gasteiger charge is 2.51. The molecule has 2 fully saturated rings. The van der Waals surface area contributed by atoms with Gasteiger partial charge in [-0.2, -0.15) is 0 Å². The highest BCUT2D eigenvalue weighted by atomic mass is 32.2. The quantitative estimate of drug-likeness (QED) is 0.486. The van der Waals surface area contributed by atoms with Gasteiger partial charge in [-0.05, 0) is 12.8 Å². The van der Waals surface area contributed by atoms with Gasteiger partial charge in [0.25, 0.3) is 0 Å². The van der Waals surface area contributed by atoms with Gasteiger partial charge in [0.15, 0.2) is 5.17 Å². The molecule has 26 heavy (non-hydrogen) atoms. The minimum absolute atomic E-state index is 0.177. The van der Waals surface area contributed by atoms with Crippen molar-refractivity contribution in [2.75, 3.05) is 25.4 Å². The van der Waals surface area contributed by atoms with E-state index in [-0.39, 0.29) is 11.2 Å². The fourth-order valence-corrected chi connectivity index (χ4v) is 6.51. The number of likely N-dealkylation sites (tertiary alicyclic amines) is 1. The number of aliphatic hydroxyl groups excluding tert-OH is 1. The van der Waals surface area contributed by atoms with Crippen LogP contribution < -0.4 is 5.32 Å². The molecule has 0 amide bonds. The fraction of sp³-hybridized carbons (Fsp3) is 0.812. The Bertz CT molecular complexity index is 596. The predicted octanol–water partition coefficient (Wildman–Crippen LogP) is 0.0179. The van der Waals surface area contributed by atoms with Gasteiger partial charge in [-0.3, -0.25) is 19.9 Å². The molecule has 2 saturated heterocycles. The molecule has 0 bridgehead atoms. The van der Waals surface area contributed by atoms with Crippen LogP contribution in [0, 0.1) is 11.8 Å². The zero-order chi connectivity index (χ0) is 19.0. The van der Waals surface area contributed by atoms with Gasteiger partial charge in [0.2, 0.25) is 0 Å². The monoisotopic (exact) mass is 403 g/mol. The number of carboxylic acid groups (broad SMARTS) is 2. The lowest BCUT2D eigenvalue weighted by molar-refractivity contribution is -0.147. The molecule has 3 aliphatic heterocycles. The minimum atomic E-state index is -1.11. The van der Waals surface area contributed by atoms with E-state index in [1.165, 1.54) is 6.92 Å². The molecule has 0 aromatic rings. The molecular formula is C16H25N3O5S2. The molecule has 0 saturated carbocycles. The van der Waals surface area contributed by atoms with Crippen molar-refractivity contribution in [2.24, 2.45) is 16.8 Å². The van der Waals surface area contributed by atoms with Crippen molar-refractivity contribution in [3.8, 4) is 0 Å². The molecule has 10 heteroatoms. The number of thioether (sulfide) groups is 2. The first-order valence-corrected chi connectivity index (χ1v) is 10.7. The molecule has 6 atom stereocenters. The summed E-state index contributed by atoms with van der Waals surface area (Å²) in [6.07, 6.45) is -1.05. The average molecular weight is 404 g/mol. The van der Waals surface area contributed by atoms with Crippen LogP contribution in [-0.4, -0.2) is 91.4 Å². The summed E-state index contributed by atoms with van der Waals surface area (Å²) >= 11 is 3.38. The van der Waals surface area contributed by atoms with Crippen LogP contribution in [0.2, 0.25) is 0 Å². The number of carboxylic acids is 2. The second-order valence-electron chi connectivity index (χ2n) is 7.11. The van der Waals surface area contributed by atoms with Gasteiger partial charge in [-0.15, -0.1) is 11.8 Å². The third-order valence-electron chi connectivity index (χ3n) is 5.28. The topological polar surface area (TPSA) is 122 Å². The maximum absolute atomic E-state index is 11.7. The van der Waals surface area contributed by atoms with Crippen molar-refractivity contribution in [2.45, 2.75) is 42.5 Å². The van der Waals surface area contributed by atoms with Gasteiger partial charge >= 0.3 is 11.9 Å². The Morgan fingerprint density at radius 3 is 2.58 bits per heavy atom. The first kappa shape index (κ1) is 19.8. The highest BCUT2D eigenvalue weighted by molar-refractivity contribution is 8.14. The summed E-state index contributed by atoms with van der Waals surface area (Å²) in [4.78, 5) is 29.9. The molecular weight excluding hydrogens is 378 g/mol. The Morgan fingerprint density at radius 1 is 1.38 bits per heavy atom. The van der Waals surface area contributed by atoms with Crippen molar-refractivity contribution in [3.63, 3.8) is 0 Å². The van der Waals surface area contributed by atoms with E-state index in [0.717, 1.165) is 30.6 Å². The zero-order valence-electron chi connectivity index (χ0n) is 14.7. The maximum atomic E-state index is 11.7. The van der Waals surface area contributed by atoms with E-state index in [9.17, 15) is 24.9 Å². The van der Waals surface area contributed by atoms with Crippen LogP contribution in [0.25, 0.3) is 0 Å². The summed E-state index contributed by atoms with van der Waals surface area (Å²) < 4.78 is 0. The summed E-state index contributed by atoms with van der Waals surface area (Å²) in [6, 6.07) is -1.38. The molecule has 3 aliphatic rings. The molecule has 8 nitrogen and oxygen atoms in total. The predicted molar refractivity (Wildman–Crippen MR) is 102 cm³/mol. The van der Waals surface area contributed by atoms with Crippen LogP contribution >= 0.6 is 23.5 Å². The number of nitrogens with zero attached hydrogens (tertiary/aromatic N) is 2. The number of hydrogen-bond donors (Lipinski definition) is 4. The Hall–Kier alpha value is -0.970. The van der Waals surface area contributed by atoms with E-state index in [0.29, 0.717) is 5.25 Å². The lowest BCUT2D eigenvalue weighted by Crippen LogP contribution is -2.52. The summed E-state index contributed by atoms with van der Waals surface area (Å²) in [5, 5.41) is 33.0. The smallest absolute Gasteiger partial charge is 0.321 e. The normalized spacial score (nSPS) is 34.3. The Labute approximate surface area is 160 Å². The number of aliphatic imine (C=N–C) groups is 1. The summed E-state index contributed by atoms with van der Waals surface area (Å²) in [5.41, 5.74) is 0. The van der Waals surface area contributed by atoms with Crippen LogP contribution in [0.1, 0.15) is 13.8 Å². The standard InChI is InChI=1S/C16H25N3O5S2/c1-7-11(10(8(2)20)14(21)22)18-12(15(23)24)13(7)26-9-5-19(6-9)16-17-3-4-25-16/h7-13,18,20H,3-6H2,1-2H3,(H,21,22)(H,23,24)/t7-,8?,10?,11-,12?,13?/m1/s1. The lowest BCUT2D eigenvalue weighted by Gasteiger charge is -2.41. The zero-order valence-corrected chi connectivity index (χ0v) is 16.4. The first-order chi connectivity index (χ1) is 12.3. The third-order valence-corrected chi connectivity index (χ3v) is 8.01. The third kappa shape index (κ3) is 3.83. The number of amidine groups is 1. The summed E-state index contributed by atoms with van der Waals surface area (Å²) in [7, 11) is 0. The van der Waals surface area contributed by atoms with Gasteiger partial charge < -0.3 is 20.2 Å². The van der Waals surface area contributed by atoms with Crippen molar-refractivity contribution < 1.29 is 24.9 Å². The van der Waals surface area contributed by atoms with E-state index >= 15 is 0 Å². The number of rotatable bonds is 6. The minimum Gasteiger partial charge on any atom is -0.481 e. The maximum Gasteiger partial charge on any atom is 0.321 e. The highest BCUT2D eigenvalue weighted by Crippen LogP contribution is 2.40. The van der Waals surface area contributed by atoms with Crippen molar-refractivity contribution >= 4 is 40.6 Å². The second-order valence-corrected chi connectivity index (χ2v) is 9.66. The molecule has 4 unspecified atom stereocenters. The molecule has 3 rings (SSSR count). The Balaban J connectivity index is 1.65. The van der Waals surface area contributed by atoms with Crippen LogP contribution in [-0.2, 0) is 9.59 Å². The van der Waals surface area contributed by atoms with Crippen LogP contribution in [0.5, 0.6) is 0 Å². The molecule has 0 spiro atoms. The van der Waals surface area contributed by atoms with Gasteiger partial charge in [0.05, 0.1) is 18.6 Å². The number of hydrogen-bond acceptors (Lipinski definition) is 8. The van der Waals surface area contributed by atoms with Gasteiger partial charge in [0, 0.05) is 35.4 Å². The molecule has 3 heterocycles. The SMILES string of the molecule is CC(O)C(C(=O)O)[C@@H]1NC(C(=O)O)C(SC2CN(C3=NCCS3)C2)[C@@H]1C. The molecule has 0 aromatic carbocycles. The molecule has 4 N–H and O–H groups in total. The number of aliphatic hydroxyl groups is 1. The summed E-state index contributed by atoms with van der Waals surface area (Å²) in [6.45, 7) is 5.86. The second kappa shape index (κ2) is 7.95. The molecule has 0 radical (unpaired) electrons. The van der Waals surface area contributed by atoms with Crippen LogP contribution in [0.4, 0.5) is 0 Å². The number of carbonyl (C=O) groups is 2. The van der Waals surface area contributed by atoms with E-state index < -0.39 is 36.0 Å². The fourth-order valence-electron chi connectivity index (χ4n) is 3.88. The van der Waals surface area contributed by atoms with E-state index in [1.807, 2.05) is 6.92 Å². The van der Waals surface area contributed by atoms with Gasteiger partial charge in [-0.25, -0.2) is 0 Å². The van der Waals surface area contributed by atoms with Crippen LogP contribution in [0.15, 0.2) is 4.99 Å². The van der Waals surface area contributed by atoms with Crippen LogP contribution in [0.3, 0.4) is 0 Å². The first-order valence-electron chi connectivity index (χ1n) is 8.77. The molecule has 0 aliphatic carbocycles. The van der Waals surface area contributed by atoms with E-state index in [4.69, 9.17) is 0 Å². The van der Waals surface area contributed by atoms with Gasteiger partial charge in [-0.1, -0.05) is 18.7 Å². The summed E-state index contributed by atoms with van der Waals surface area (Å²) in [5.74, 6) is -2.27. The van der Waals surface area contributed by atoms with Gasteiger partial charge in [0.1, 0.15) is 6.04 Å². The Kier molecular flexibility index (Phi) is 6.05. The molecule has 146 valence electrons. The lowest BCUT2D eigenvalue weighted by atomic mass is 9.87.